The fraction of sp³-hybridized carbons (Fsp3) is 0.200. The minimum absolute atomic E-state index is 0.0694. The van der Waals surface area contributed by atoms with E-state index in [0.29, 0.717) is 16.3 Å². The van der Waals surface area contributed by atoms with Crippen LogP contribution in [0.15, 0.2) is 26.9 Å². The Kier molecular flexibility index (Phi) is 3.99. The lowest BCUT2D eigenvalue weighted by Crippen LogP contribution is -2.22. The Morgan fingerprint density at radius 2 is 2.32 bits per heavy atom. The number of aryl methyl sites for hydroxylation is 1. The zero-order valence-electron chi connectivity index (χ0n) is 9.91. The van der Waals surface area contributed by atoms with Crippen molar-refractivity contribution in [3.8, 4) is 0 Å². The number of sulfonamides is 1. The van der Waals surface area contributed by atoms with Crippen LogP contribution in [0, 0.1) is 6.92 Å². The van der Waals surface area contributed by atoms with Crippen LogP contribution in [0.25, 0.3) is 0 Å². The van der Waals surface area contributed by atoms with Gasteiger partial charge in [-0.15, -0.1) is 11.3 Å². The van der Waals surface area contributed by atoms with Crippen LogP contribution < -0.4 is 10.5 Å². The molecule has 0 saturated carbocycles. The van der Waals surface area contributed by atoms with Gasteiger partial charge in [-0.2, -0.15) is 0 Å². The van der Waals surface area contributed by atoms with E-state index in [1.807, 2.05) is 0 Å². The highest BCUT2D eigenvalue weighted by Crippen LogP contribution is 2.21. The highest BCUT2D eigenvalue weighted by molar-refractivity contribution is 7.91. The van der Waals surface area contributed by atoms with Crippen molar-refractivity contribution in [2.75, 3.05) is 0 Å². The lowest BCUT2D eigenvalue weighted by molar-refractivity contribution is 0.390. The summed E-state index contributed by atoms with van der Waals surface area (Å²) in [6.45, 7) is 1.80. The number of rotatable bonds is 5. The van der Waals surface area contributed by atoms with Crippen molar-refractivity contribution in [2.24, 2.45) is 5.73 Å². The molecule has 0 aliphatic rings. The molecule has 0 saturated heterocycles. The third kappa shape index (κ3) is 3.38. The molecule has 19 heavy (non-hydrogen) atoms. The lowest BCUT2D eigenvalue weighted by atomic mass is 10.4. The van der Waals surface area contributed by atoms with Crippen LogP contribution in [0.4, 0.5) is 0 Å². The number of nitrogens with two attached hydrogens (primary N) is 1. The molecule has 0 amide bonds. The predicted octanol–water partition coefficient (Wildman–Crippen LogP) is 1.16. The average Bonchev–Trinajstić information content (AvgIpc) is 2.95. The second kappa shape index (κ2) is 5.37. The summed E-state index contributed by atoms with van der Waals surface area (Å²) in [7, 11) is -3.59. The van der Waals surface area contributed by atoms with Gasteiger partial charge in [0.05, 0.1) is 17.1 Å². The molecule has 0 bridgehead atoms. The molecule has 2 rings (SSSR count). The minimum Gasteiger partial charge on any atom is -0.389 e. The molecule has 2 aromatic heterocycles. The van der Waals surface area contributed by atoms with Crippen molar-refractivity contribution in [3.05, 3.63) is 34.5 Å². The molecule has 0 atom stereocenters. The van der Waals surface area contributed by atoms with Crippen molar-refractivity contribution in [1.29, 1.82) is 0 Å². The molecule has 0 radical (unpaired) electrons. The molecule has 2 heterocycles. The van der Waals surface area contributed by atoms with Crippen LogP contribution in [0.3, 0.4) is 0 Å². The molecule has 0 unspecified atom stereocenters. The maximum absolute atomic E-state index is 12.0. The normalized spacial score (nSPS) is 11.6. The first-order valence-electron chi connectivity index (χ1n) is 5.20. The van der Waals surface area contributed by atoms with Crippen LogP contribution in [-0.4, -0.2) is 18.6 Å². The zero-order valence-corrected chi connectivity index (χ0v) is 12.4. The molecule has 3 N–H and O–H groups in total. The van der Waals surface area contributed by atoms with Gasteiger partial charge in [0.1, 0.15) is 15.0 Å². The zero-order chi connectivity index (χ0) is 14.0. The second-order valence-electron chi connectivity index (χ2n) is 3.74. The van der Waals surface area contributed by atoms with Gasteiger partial charge in [-0.1, -0.05) is 17.4 Å². The number of hydrogen-bond donors (Lipinski definition) is 2. The topological polar surface area (TPSA) is 98.2 Å². The van der Waals surface area contributed by atoms with E-state index in [1.165, 1.54) is 6.07 Å². The summed E-state index contributed by atoms with van der Waals surface area (Å²) in [6, 6.07) is 4.72. The molecule has 0 aliphatic carbocycles. The number of thiophene rings is 1. The Labute approximate surface area is 119 Å². The van der Waals surface area contributed by atoms with E-state index in [2.05, 4.69) is 9.88 Å². The molecular weight excluding hydrogens is 306 g/mol. The van der Waals surface area contributed by atoms with Crippen LogP contribution in [-0.2, 0) is 16.6 Å². The number of hydrogen-bond acceptors (Lipinski definition) is 6. The average molecular weight is 317 g/mol. The minimum atomic E-state index is -3.59. The van der Waals surface area contributed by atoms with Crippen LogP contribution >= 0.6 is 23.6 Å². The summed E-state index contributed by atoms with van der Waals surface area (Å²) < 4.78 is 31.5. The summed E-state index contributed by atoms with van der Waals surface area (Å²) in [5.74, 6) is 0.626. The van der Waals surface area contributed by atoms with Gasteiger partial charge >= 0.3 is 0 Å². The summed E-state index contributed by atoms with van der Waals surface area (Å²) in [5.41, 5.74) is 5.96. The first-order chi connectivity index (χ1) is 8.88. The molecule has 0 aromatic carbocycles. The third-order valence-corrected chi connectivity index (χ3v) is 5.57. The van der Waals surface area contributed by atoms with Crippen molar-refractivity contribution in [1.82, 2.24) is 9.88 Å². The maximum Gasteiger partial charge on any atom is 0.250 e. The van der Waals surface area contributed by atoms with Crippen LogP contribution in [0.5, 0.6) is 0 Å². The molecule has 102 valence electrons. The smallest absolute Gasteiger partial charge is 0.250 e. The van der Waals surface area contributed by atoms with E-state index in [-0.39, 0.29) is 15.7 Å². The molecular formula is C10H11N3O3S3. The van der Waals surface area contributed by atoms with Crippen molar-refractivity contribution in [3.63, 3.8) is 0 Å². The van der Waals surface area contributed by atoms with Gasteiger partial charge in [-0.05, 0) is 19.1 Å². The molecule has 0 aliphatic heterocycles. The Morgan fingerprint density at radius 1 is 1.58 bits per heavy atom. The molecule has 2 aromatic rings. The lowest BCUT2D eigenvalue weighted by Gasteiger charge is -2.01. The van der Waals surface area contributed by atoms with Gasteiger partial charge < -0.3 is 10.3 Å². The van der Waals surface area contributed by atoms with Crippen molar-refractivity contribution in [2.45, 2.75) is 17.7 Å². The number of nitrogens with zero attached hydrogens (tertiary/aromatic N) is 1. The largest absolute Gasteiger partial charge is 0.389 e. The van der Waals surface area contributed by atoms with Gasteiger partial charge in [0.2, 0.25) is 10.0 Å². The number of nitrogens with one attached hydrogen (secondary N) is 1. The number of thiocarbonyl (C=S) groups is 1. The summed E-state index contributed by atoms with van der Waals surface area (Å²) in [4.78, 5) is 0.742. The van der Waals surface area contributed by atoms with E-state index >= 15 is 0 Å². The Bertz CT molecular complexity index is 702. The molecule has 6 nitrogen and oxygen atoms in total. The summed E-state index contributed by atoms with van der Waals surface area (Å²) in [6.07, 6.45) is 0. The fourth-order valence-corrected chi connectivity index (χ4v) is 3.73. The fourth-order valence-electron chi connectivity index (χ4n) is 1.34. The van der Waals surface area contributed by atoms with Crippen LogP contribution in [0.2, 0.25) is 0 Å². The van der Waals surface area contributed by atoms with Gasteiger partial charge in [-0.25, -0.2) is 13.1 Å². The Balaban J connectivity index is 2.11. The van der Waals surface area contributed by atoms with E-state index < -0.39 is 10.0 Å². The predicted molar refractivity (Wildman–Crippen MR) is 75.5 cm³/mol. The second-order valence-corrected chi connectivity index (χ2v) is 7.25. The van der Waals surface area contributed by atoms with Gasteiger partial charge in [0, 0.05) is 6.07 Å². The van der Waals surface area contributed by atoms with Gasteiger partial charge in [0.15, 0.2) is 0 Å². The van der Waals surface area contributed by atoms with Gasteiger partial charge in [-0.3, -0.25) is 0 Å². The molecule has 0 spiro atoms. The van der Waals surface area contributed by atoms with Crippen molar-refractivity contribution < 1.29 is 12.9 Å². The quantitative estimate of drug-likeness (QED) is 0.803. The third-order valence-electron chi connectivity index (χ3n) is 2.21. The van der Waals surface area contributed by atoms with E-state index in [0.717, 1.165) is 11.3 Å². The standard InChI is InChI=1S/C10H11N3O3S3/c1-6-4-7(13-16-6)5-12-19(14,15)9-3-2-8(18-9)10(11)17/h2-4,12H,5H2,1H3,(H2,11,17). The van der Waals surface area contributed by atoms with Crippen LogP contribution in [0.1, 0.15) is 16.3 Å². The van der Waals surface area contributed by atoms with Gasteiger partial charge in [0.25, 0.3) is 0 Å². The maximum atomic E-state index is 12.0. The SMILES string of the molecule is Cc1cc(CNS(=O)(=O)c2ccc(C(N)=S)s2)no1. The first-order valence-corrected chi connectivity index (χ1v) is 7.91. The molecule has 9 heteroatoms. The monoisotopic (exact) mass is 317 g/mol. The highest BCUT2D eigenvalue weighted by atomic mass is 32.2. The number of aromatic nitrogens is 1. The molecule has 0 fully saturated rings. The first kappa shape index (κ1) is 14.1. The highest BCUT2D eigenvalue weighted by Gasteiger charge is 2.17. The Morgan fingerprint density at radius 3 is 2.84 bits per heavy atom. The van der Waals surface area contributed by atoms with E-state index in [9.17, 15) is 8.42 Å². The van der Waals surface area contributed by atoms with Crippen molar-refractivity contribution >= 4 is 38.6 Å². The summed E-state index contributed by atoms with van der Waals surface area (Å²) >= 11 is 5.82. The Hall–Kier alpha value is -1.29. The summed E-state index contributed by atoms with van der Waals surface area (Å²) in [5, 5.41) is 3.71. The van der Waals surface area contributed by atoms with E-state index in [1.54, 1.807) is 19.1 Å². The van der Waals surface area contributed by atoms with E-state index in [4.69, 9.17) is 22.5 Å².